The number of carbonyl (C=O) groups is 3. The number of methoxy groups -OCH3 is 1. The zero-order valence-corrected chi connectivity index (χ0v) is 16.5. The second-order valence-electron chi connectivity index (χ2n) is 6.37. The highest BCUT2D eigenvalue weighted by molar-refractivity contribution is 5.99. The molecule has 0 radical (unpaired) electrons. The molecule has 2 aromatic carbocycles. The predicted molar refractivity (Wildman–Crippen MR) is 111 cm³/mol. The van der Waals surface area contributed by atoms with Gasteiger partial charge in [-0.15, -0.1) is 0 Å². The third kappa shape index (κ3) is 4.88. The van der Waals surface area contributed by atoms with E-state index < -0.39 is 23.9 Å². The van der Waals surface area contributed by atoms with E-state index in [4.69, 9.17) is 4.74 Å². The number of carbonyl (C=O) groups excluding carboxylic acids is 3. The van der Waals surface area contributed by atoms with Crippen LogP contribution in [0.2, 0.25) is 0 Å². The second-order valence-corrected chi connectivity index (χ2v) is 6.37. The summed E-state index contributed by atoms with van der Waals surface area (Å²) in [6.07, 6.45) is 0.159. The van der Waals surface area contributed by atoms with Crippen LogP contribution >= 0.6 is 0 Å². The molecular formula is C23H20N2O5. The summed E-state index contributed by atoms with van der Waals surface area (Å²) in [4.78, 5) is 40.2. The van der Waals surface area contributed by atoms with Crippen LogP contribution in [0, 0.1) is 0 Å². The van der Waals surface area contributed by atoms with Crippen LogP contribution in [0.4, 0.5) is 5.69 Å². The van der Waals surface area contributed by atoms with E-state index in [1.165, 1.54) is 32.4 Å². The fourth-order valence-corrected chi connectivity index (χ4v) is 2.72. The summed E-state index contributed by atoms with van der Waals surface area (Å²) >= 11 is 0. The molecular weight excluding hydrogens is 384 g/mol. The van der Waals surface area contributed by atoms with Crippen LogP contribution < -0.4 is 5.32 Å². The van der Waals surface area contributed by atoms with Crippen LogP contribution in [0.25, 0.3) is 11.1 Å². The van der Waals surface area contributed by atoms with Crippen LogP contribution in [0.5, 0.6) is 0 Å². The largest absolute Gasteiger partial charge is 0.465 e. The predicted octanol–water partition coefficient (Wildman–Crippen LogP) is 3.72. The molecule has 0 aliphatic rings. The SMILES string of the molecule is COC(=O)c1ccc(C(=O)O[C@@H](C)C(=O)Nc2ccccc2-c2ccccc2)nc1. The molecule has 1 aromatic heterocycles. The number of para-hydroxylation sites is 1. The third-order valence-electron chi connectivity index (χ3n) is 4.32. The molecule has 7 nitrogen and oxygen atoms in total. The quantitative estimate of drug-likeness (QED) is 0.629. The lowest BCUT2D eigenvalue weighted by atomic mass is 10.0. The van der Waals surface area contributed by atoms with Crippen LogP contribution in [-0.2, 0) is 14.3 Å². The Hall–Kier alpha value is -4.00. The number of hydrogen-bond donors (Lipinski definition) is 1. The van der Waals surface area contributed by atoms with Gasteiger partial charge in [-0.25, -0.2) is 14.6 Å². The number of anilines is 1. The molecule has 1 atom stereocenters. The number of esters is 2. The Kier molecular flexibility index (Phi) is 6.54. The van der Waals surface area contributed by atoms with Crippen molar-refractivity contribution in [3.8, 4) is 11.1 Å². The summed E-state index contributed by atoms with van der Waals surface area (Å²) in [5.74, 6) is -1.81. The van der Waals surface area contributed by atoms with E-state index in [9.17, 15) is 14.4 Å². The van der Waals surface area contributed by atoms with Crippen molar-refractivity contribution in [1.82, 2.24) is 4.98 Å². The van der Waals surface area contributed by atoms with Gasteiger partial charge >= 0.3 is 11.9 Å². The number of aromatic nitrogens is 1. The summed E-state index contributed by atoms with van der Waals surface area (Å²) in [7, 11) is 1.25. The van der Waals surface area contributed by atoms with Crippen molar-refractivity contribution in [1.29, 1.82) is 0 Å². The zero-order chi connectivity index (χ0) is 21.5. The molecule has 0 saturated carbocycles. The molecule has 0 fully saturated rings. The number of nitrogens with one attached hydrogen (secondary N) is 1. The van der Waals surface area contributed by atoms with Crippen LogP contribution in [-0.4, -0.2) is 36.0 Å². The van der Waals surface area contributed by atoms with E-state index in [-0.39, 0.29) is 11.3 Å². The zero-order valence-electron chi connectivity index (χ0n) is 16.5. The van der Waals surface area contributed by atoms with E-state index in [2.05, 4.69) is 15.0 Å². The molecule has 30 heavy (non-hydrogen) atoms. The van der Waals surface area contributed by atoms with Gasteiger partial charge in [0.2, 0.25) is 0 Å². The standard InChI is InChI=1S/C23H20N2O5/c1-15(30-23(28)20-13-12-17(14-24-20)22(27)29-2)21(26)25-19-11-7-6-10-18(19)16-8-4-3-5-9-16/h3-15H,1-2H3,(H,25,26)/t15-/m0/s1. The monoisotopic (exact) mass is 404 g/mol. The summed E-state index contributed by atoms with van der Waals surface area (Å²) in [6, 6.07) is 19.7. The van der Waals surface area contributed by atoms with Crippen molar-refractivity contribution in [3.05, 3.63) is 84.2 Å². The van der Waals surface area contributed by atoms with Gasteiger partial charge in [0.15, 0.2) is 6.10 Å². The average molecular weight is 404 g/mol. The number of amides is 1. The molecule has 7 heteroatoms. The third-order valence-corrected chi connectivity index (χ3v) is 4.32. The fourth-order valence-electron chi connectivity index (χ4n) is 2.72. The van der Waals surface area contributed by atoms with E-state index in [0.29, 0.717) is 5.69 Å². The van der Waals surface area contributed by atoms with Gasteiger partial charge in [0, 0.05) is 17.4 Å². The van der Waals surface area contributed by atoms with E-state index >= 15 is 0 Å². The minimum atomic E-state index is -1.05. The Bertz CT molecular complexity index is 1050. The summed E-state index contributed by atoms with van der Waals surface area (Å²) in [6.45, 7) is 1.47. The maximum atomic E-state index is 12.6. The number of nitrogens with zero attached hydrogens (tertiary/aromatic N) is 1. The Labute approximate surface area is 173 Å². The topological polar surface area (TPSA) is 94.6 Å². The average Bonchev–Trinajstić information content (AvgIpc) is 2.79. The number of pyridine rings is 1. The molecule has 0 bridgehead atoms. The molecule has 1 heterocycles. The lowest BCUT2D eigenvalue weighted by Gasteiger charge is -2.15. The van der Waals surface area contributed by atoms with Gasteiger partial charge in [0.05, 0.1) is 12.7 Å². The normalized spacial score (nSPS) is 11.3. The van der Waals surface area contributed by atoms with E-state index in [1.807, 2.05) is 48.5 Å². The van der Waals surface area contributed by atoms with E-state index in [1.54, 1.807) is 6.07 Å². The Morgan fingerprint density at radius 3 is 2.27 bits per heavy atom. The van der Waals surface area contributed by atoms with Gasteiger partial charge in [0.1, 0.15) is 5.69 Å². The summed E-state index contributed by atoms with van der Waals surface area (Å²) in [5, 5.41) is 2.80. The number of benzene rings is 2. The van der Waals surface area contributed by atoms with Gasteiger partial charge in [0.25, 0.3) is 5.91 Å². The highest BCUT2D eigenvalue weighted by Crippen LogP contribution is 2.27. The molecule has 0 aliphatic heterocycles. The number of hydrogen-bond acceptors (Lipinski definition) is 6. The lowest BCUT2D eigenvalue weighted by Crippen LogP contribution is -2.30. The Morgan fingerprint density at radius 2 is 1.60 bits per heavy atom. The van der Waals surface area contributed by atoms with Crippen molar-refractivity contribution >= 4 is 23.5 Å². The number of rotatable bonds is 6. The van der Waals surface area contributed by atoms with Crippen molar-refractivity contribution in [2.45, 2.75) is 13.0 Å². The summed E-state index contributed by atoms with van der Waals surface area (Å²) < 4.78 is 9.80. The van der Waals surface area contributed by atoms with Gasteiger partial charge in [-0.3, -0.25) is 4.79 Å². The molecule has 0 spiro atoms. The van der Waals surface area contributed by atoms with Gasteiger partial charge in [-0.05, 0) is 30.7 Å². The first kappa shape index (κ1) is 20.7. The first-order valence-electron chi connectivity index (χ1n) is 9.20. The van der Waals surface area contributed by atoms with Gasteiger partial charge in [-0.2, -0.15) is 0 Å². The Morgan fingerprint density at radius 1 is 0.900 bits per heavy atom. The van der Waals surface area contributed by atoms with Gasteiger partial charge < -0.3 is 14.8 Å². The molecule has 0 unspecified atom stereocenters. The lowest BCUT2D eigenvalue weighted by molar-refractivity contribution is -0.123. The second kappa shape index (κ2) is 9.47. The Balaban J connectivity index is 1.67. The van der Waals surface area contributed by atoms with E-state index in [0.717, 1.165) is 11.1 Å². The van der Waals surface area contributed by atoms with Crippen LogP contribution in [0.3, 0.4) is 0 Å². The molecule has 1 N–H and O–H groups in total. The first-order chi connectivity index (χ1) is 14.5. The van der Waals surface area contributed by atoms with Crippen LogP contribution in [0.15, 0.2) is 72.9 Å². The molecule has 152 valence electrons. The highest BCUT2D eigenvalue weighted by atomic mass is 16.5. The smallest absolute Gasteiger partial charge is 0.357 e. The summed E-state index contributed by atoms with van der Waals surface area (Å²) in [5.41, 5.74) is 2.60. The molecule has 3 rings (SSSR count). The van der Waals surface area contributed by atoms with Crippen molar-refractivity contribution < 1.29 is 23.9 Å². The van der Waals surface area contributed by atoms with Crippen molar-refractivity contribution in [3.63, 3.8) is 0 Å². The minimum absolute atomic E-state index is 0.0213. The van der Waals surface area contributed by atoms with Crippen molar-refractivity contribution in [2.75, 3.05) is 12.4 Å². The first-order valence-corrected chi connectivity index (χ1v) is 9.20. The minimum Gasteiger partial charge on any atom is -0.465 e. The number of ether oxygens (including phenoxy) is 2. The van der Waals surface area contributed by atoms with Gasteiger partial charge in [-0.1, -0.05) is 48.5 Å². The van der Waals surface area contributed by atoms with Crippen molar-refractivity contribution in [2.24, 2.45) is 0 Å². The molecule has 0 aliphatic carbocycles. The van der Waals surface area contributed by atoms with Crippen LogP contribution in [0.1, 0.15) is 27.8 Å². The molecule has 3 aromatic rings. The maximum Gasteiger partial charge on any atom is 0.357 e. The molecule has 0 saturated heterocycles. The fraction of sp³-hybridized carbons (Fsp3) is 0.130. The maximum absolute atomic E-state index is 12.6. The molecule has 1 amide bonds. The highest BCUT2D eigenvalue weighted by Gasteiger charge is 2.21.